The molecule has 0 radical (unpaired) electrons. The van der Waals surface area contributed by atoms with Crippen LogP contribution in [0.25, 0.3) is 16.9 Å². The molecule has 0 spiro atoms. The topological polar surface area (TPSA) is 107 Å². The summed E-state index contributed by atoms with van der Waals surface area (Å²) in [7, 11) is -3.34. The van der Waals surface area contributed by atoms with E-state index in [1.165, 1.54) is 12.1 Å². The number of sulfonamides is 1. The first kappa shape index (κ1) is 17.6. The number of nitrogens with zero attached hydrogens (tertiary/aromatic N) is 3. The second kappa shape index (κ2) is 6.60. The third-order valence-corrected chi connectivity index (χ3v) is 4.23. The molecule has 9 heteroatoms. The Labute approximate surface area is 150 Å². The highest BCUT2D eigenvalue weighted by Gasteiger charge is 2.12. The van der Waals surface area contributed by atoms with Gasteiger partial charge in [-0.15, -0.1) is 0 Å². The van der Waals surface area contributed by atoms with Gasteiger partial charge < -0.3 is 0 Å². The van der Waals surface area contributed by atoms with Gasteiger partial charge in [-0.2, -0.15) is 5.10 Å². The average molecular weight is 372 g/mol. The predicted molar refractivity (Wildman–Crippen MR) is 98.9 cm³/mol. The van der Waals surface area contributed by atoms with Crippen LogP contribution in [0.5, 0.6) is 0 Å². The third-order valence-electron chi connectivity index (χ3n) is 3.62. The maximum absolute atomic E-state index is 11.3. The van der Waals surface area contributed by atoms with Crippen LogP contribution in [-0.2, 0) is 10.0 Å². The Kier molecular flexibility index (Phi) is 4.47. The summed E-state index contributed by atoms with van der Waals surface area (Å²) in [6, 6.07) is 14.9. The summed E-state index contributed by atoms with van der Waals surface area (Å²) >= 11 is 0. The molecule has 26 heavy (non-hydrogen) atoms. The number of aryl methyl sites for hydroxylation is 1. The Morgan fingerprint density at radius 3 is 2.23 bits per heavy atom. The first-order chi connectivity index (χ1) is 12.2. The van der Waals surface area contributed by atoms with Crippen molar-refractivity contribution in [3.05, 3.63) is 70.4 Å². The molecule has 1 aromatic heterocycles. The molecule has 0 bridgehead atoms. The van der Waals surface area contributed by atoms with Gasteiger partial charge >= 0.3 is 0 Å². The van der Waals surface area contributed by atoms with Gasteiger partial charge in [-0.3, -0.25) is 14.8 Å². The number of nitro benzene ring substituents is 1. The molecule has 0 aliphatic carbocycles. The van der Waals surface area contributed by atoms with Crippen molar-refractivity contribution in [1.29, 1.82) is 0 Å². The maximum Gasteiger partial charge on any atom is 0.269 e. The van der Waals surface area contributed by atoms with E-state index in [1.807, 2.05) is 13.0 Å². The zero-order chi connectivity index (χ0) is 18.9. The van der Waals surface area contributed by atoms with Crippen LogP contribution in [0.1, 0.15) is 5.69 Å². The molecule has 1 heterocycles. The first-order valence-electron chi connectivity index (χ1n) is 7.63. The molecule has 0 aliphatic heterocycles. The number of nitro groups is 1. The number of benzene rings is 2. The maximum atomic E-state index is 11.3. The highest BCUT2D eigenvalue weighted by Crippen LogP contribution is 2.26. The zero-order valence-corrected chi connectivity index (χ0v) is 14.9. The van der Waals surface area contributed by atoms with E-state index >= 15 is 0 Å². The minimum Gasteiger partial charge on any atom is -0.284 e. The van der Waals surface area contributed by atoms with Crippen molar-refractivity contribution in [2.45, 2.75) is 6.92 Å². The van der Waals surface area contributed by atoms with Gasteiger partial charge in [0.2, 0.25) is 10.0 Å². The average Bonchev–Trinajstić information content (AvgIpc) is 2.96. The fourth-order valence-corrected chi connectivity index (χ4v) is 3.10. The van der Waals surface area contributed by atoms with Gasteiger partial charge in [0.25, 0.3) is 5.69 Å². The molecule has 8 nitrogen and oxygen atoms in total. The van der Waals surface area contributed by atoms with E-state index in [2.05, 4.69) is 9.82 Å². The molecule has 3 rings (SSSR count). The second-order valence-corrected chi connectivity index (χ2v) is 7.56. The van der Waals surface area contributed by atoms with Gasteiger partial charge in [0.1, 0.15) is 0 Å². The summed E-state index contributed by atoms with van der Waals surface area (Å²) in [5.74, 6) is 0. The summed E-state index contributed by atoms with van der Waals surface area (Å²) in [5.41, 5.74) is 3.57. The molecule has 0 atom stereocenters. The minimum absolute atomic E-state index is 0.0211. The monoisotopic (exact) mass is 372 g/mol. The fourth-order valence-electron chi connectivity index (χ4n) is 2.54. The Hall–Kier alpha value is -3.20. The Bertz CT molecular complexity index is 1060. The van der Waals surface area contributed by atoms with E-state index < -0.39 is 14.9 Å². The smallest absolute Gasteiger partial charge is 0.269 e. The van der Waals surface area contributed by atoms with Crippen LogP contribution >= 0.6 is 0 Å². The summed E-state index contributed by atoms with van der Waals surface area (Å²) in [4.78, 5) is 10.4. The molecule has 0 fully saturated rings. The van der Waals surface area contributed by atoms with E-state index in [-0.39, 0.29) is 5.69 Å². The quantitative estimate of drug-likeness (QED) is 0.547. The number of hydrogen-bond donors (Lipinski definition) is 1. The van der Waals surface area contributed by atoms with Gasteiger partial charge in [-0.05, 0) is 49.4 Å². The lowest BCUT2D eigenvalue weighted by molar-refractivity contribution is -0.384. The molecule has 0 amide bonds. The van der Waals surface area contributed by atoms with Crippen molar-refractivity contribution in [2.75, 3.05) is 11.0 Å². The van der Waals surface area contributed by atoms with Gasteiger partial charge in [-0.1, -0.05) is 0 Å². The van der Waals surface area contributed by atoms with E-state index in [0.29, 0.717) is 5.69 Å². The molecule has 2 aromatic carbocycles. The predicted octanol–water partition coefficient (Wildman–Crippen LogP) is 3.13. The number of nitrogens with one attached hydrogen (secondary N) is 1. The van der Waals surface area contributed by atoms with Crippen LogP contribution in [0.3, 0.4) is 0 Å². The van der Waals surface area contributed by atoms with Crippen molar-refractivity contribution in [1.82, 2.24) is 9.78 Å². The van der Waals surface area contributed by atoms with E-state index in [9.17, 15) is 18.5 Å². The number of rotatable bonds is 5. The van der Waals surface area contributed by atoms with Crippen LogP contribution in [0, 0.1) is 17.0 Å². The highest BCUT2D eigenvalue weighted by molar-refractivity contribution is 7.92. The normalized spacial score (nSPS) is 11.3. The van der Waals surface area contributed by atoms with Crippen LogP contribution < -0.4 is 4.72 Å². The number of non-ortho nitro benzene ring substituents is 1. The van der Waals surface area contributed by atoms with E-state index in [1.54, 1.807) is 41.1 Å². The van der Waals surface area contributed by atoms with Crippen molar-refractivity contribution < 1.29 is 13.3 Å². The lowest BCUT2D eigenvalue weighted by Crippen LogP contribution is -2.09. The molecule has 1 N–H and O–H groups in total. The van der Waals surface area contributed by atoms with Crippen LogP contribution in [-0.4, -0.2) is 29.4 Å². The molecule has 0 saturated heterocycles. The third kappa shape index (κ3) is 3.89. The summed E-state index contributed by atoms with van der Waals surface area (Å²) in [6.07, 6.45) is 1.09. The highest BCUT2D eigenvalue weighted by atomic mass is 32.2. The number of hydrogen-bond acceptors (Lipinski definition) is 5. The molecular weight excluding hydrogens is 356 g/mol. The molecule has 0 aliphatic rings. The van der Waals surface area contributed by atoms with Crippen LogP contribution in [0.15, 0.2) is 54.6 Å². The molecule has 3 aromatic rings. The van der Waals surface area contributed by atoms with Crippen molar-refractivity contribution in [2.24, 2.45) is 0 Å². The van der Waals surface area contributed by atoms with Gasteiger partial charge in [-0.25, -0.2) is 13.1 Å². The number of aromatic nitrogens is 2. The fraction of sp³-hybridized carbons (Fsp3) is 0.118. The Balaban J connectivity index is 1.98. The summed E-state index contributed by atoms with van der Waals surface area (Å²) < 4.78 is 26.7. The molecule has 134 valence electrons. The first-order valence-corrected chi connectivity index (χ1v) is 9.52. The van der Waals surface area contributed by atoms with Gasteiger partial charge in [0, 0.05) is 23.4 Å². The lowest BCUT2D eigenvalue weighted by atomic mass is 10.1. The van der Waals surface area contributed by atoms with E-state index in [4.69, 9.17) is 0 Å². The summed E-state index contributed by atoms with van der Waals surface area (Å²) in [6.45, 7) is 1.85. The molecule has 0 saturated carbocycles. The minimum atomic E-state index is -3.34. The Morgan fingerprint density at radius 1 is 1.08 bits per heavy atom. The Morgan fingerprint density at radius 2 is 1.69 bits per heavy atom. The lowest BCUT2D eigenvalue weighted by Gasteiger charge is -2.09. The SMILES string of the molecule is Cc1cc(-c2ccc([N+](=O)[O-])cc2)n(-c2ccc(NS(C)(=O)=O)cc2)n1. The second-order valence-electron chi connectivity index (χ2n) is 5.81. The van der Waals surface area contributed by atoms with Crippen molar-refractivity contribution in [3.8, 4) is 16.9 Å². The molecule has 0 unspecified atom stereocenters. The molecular formula is C17H16N4O4S. The van der Waals surface area contributed by atoms with Gasteiger partial charge in [0.05, 0.1) is 28.3 Å². The largest absolute Gasteiger partial charge is 0.284 e. The number of anilines is 1. The van der Waals surface area contributed by atoms with Crippen LogP contribution in [0.4, 0.5) is 11.4 Å². The zero-order valence-electron chi connectivity index (χ0n) is 14.1. The van der Waals surface area contributed by atoms with Crippen molar-refractivity contribution >= 4 is 21.4 Å². The van der Waals surface area contributed by atoms with Gasteiger partial charge in [0.15, 0.2) is 0 Å². The van der Waals surface area contributed by atoms with Crippen molar-refractivity contribution in [3.63, 3.8) is 0 Å². The van der Waals surface area contributed by atoms with Crippen LogP contribution in [0.2, 0.25) is 0 Å². The van der Waals surface area contributed by atoms with E-state index in [0.717, 1.165) is 28.9 Å². The summed E-state index contributed by atoms with van der Waals surface area (Å²) in [5, 5.41) is 15.3. The standard InChI is InChI=1S/C17H16N4O4S/c1-12-11-17(13-3-7-16(8-4-13)21(22)23)20(18-12)15-9-5-14(6-10-15)19-26(2,24)25/h3-11,19H,1-2H3.